The Labute approximate surface area is 175 Å². The number of rotatable bonds is 3. The molecule has 2 aromatic carbocycles. The largest absolute Gasteiger partial charge is 0.381 e. The molecule has 0 radical (unpaired) electrons. The van der Waals surface area contributed by atoms with Crippen molar-refractivity contribution >= 4 is 16.7 Å². The zero-order valence-electron chi connectivity index (χ0n) is 16.8. The molecule has 30 heavy (non-hydrogen) atoms. The number of nitrogens with one attached hydrogen (secondary N) is 1. The molecule has 0 aliphatic carbocycles. The molecule has 0 bridgehead atoms. The van der Waals surface area contributed by atoms with Crippen LogP contribution in [-0.4, -0.2) is 47.6 Å². The first-order chi connectivity index (χ1) is 14.7. The topological polar surface area (TPSA) is 73.3 Å². The van der Waals surface area contributed by atoms with Gasteiger partial charge in [0.1, 0.15) is 0 Å². The molecule has 2 fully saturated rings. The van der Waals surface area contributed by atoms with Gasteiger partial charge in [0.15, 0.2) is 0 Å². The highest BCUT2D eigenvalue weighted by Crippen LogP contribution is 2.35. The summed E-state index contributed by atoms with van der Waals surface area (Å²) in [5.74, 6) is -0.0280. The second-order valence-electron chi connectivity index (χ2n) is 8.14. The van der Waals surface area contributed by atoms with Crippen LogP contribution in [0.5, 0.6) is 0 Å². The van der Waals surface area contributed by atoms with E-state index in [1.807, 2.05) is 42.5 Å². The van der Waals surface area contributed by atoms with Gasteiger partial charge in [-0.05, 0) is 54.2 Å². The minimum absolute atomic E-state index is 0.0280. The number of carbonyl (C=O) groups is 1. The Morgan fingerprint density at radius 1 is 1.00 bits per heavy atom. The summed E-state index contributed by atoms with van der Waals surface area (Å²) in [6.07, 6.45) is 6.92. The molecule has 154 valence electrons. The molecule has 1 aromatic heterocycles. The molecule has 2 aliphatic rings. The molecule has 6 nitrogen and oxygen atoms in total. The lowest BCUT2D eigenvalue weighted by Gasteiger charge is -2.43. The molecule has 1 unspecified atom stereocenters. The number of hydrogen-bond acceptors (Lipinski definition) is 5. The first kappa shape index (κ1) is 19.2. The van der Waals surface area contributed by atoms with Gasteiger partial charge in [-0.3, -0.25) is 4.79 Å². The first-order valence-electron chi connectivity index (χ1n) is 10.6. The van der Waals surface area contributed by atoms with Crippen molar-refractivity contribution in [2.24, 2.45) is 0 Å². The third-order valence-corrected chi connectivity index (χ3v) is 6.30. The minimum Gasteiger partial charge on any atom is -0.381 e. The lowest BCUT2D eigenvalue weighted by molar-refractivity contribution is -0.139. The van der Waals surface area contributed by atoms with Gasteiger partial charge in [0.05, 0.1) is 18.0 Å². The number of benzene rings is 2. The predicted octanol–water partition coefficient (Wildman–Crippen LogP) is 3.75. The number of carbonyl (C=O) groups excluding carboxylic acids is 1. The molecular weight excluding hydrogens is 378 g/mol. The number of hydrogen-bond donors (Lipinski definition) is 1. The molecule has 0 saturated carbocycles. The van der Waals surface area contributed by atoms with Gasteiger partial charge < -0.3 is 14.8 Å². The third-order valence-electron chi connectivity index (χ3n) is 6.30. The Balaban J connectivity index is 1.42. The van der Waals surface area contributed by atoms with Crippen LogP contribution in [0, 0.1) is 0 Å². The van der Waals surface area contributed by atoms with E-state index in [9.17, 15) is 4.79 Å². The predicted molar refractivity (Wildman–Crippen MR) is 114 cm³/mol. The highest BCUT2D eigenvalue weighted by molar-refractivity contribution is 6.11. The van der Waals surface area contributed by atoms with E-state index in [0.29, 0.717) is 12.2 Å². The second kappa shape index (κ2) is 8.13. The van der Waals surface area contributed by atoms with Crippen LogP contribution < -0.4 is 5.32 Å². The summed E-state index contributed by atoms with van der Waals surface area (Å²) >= 11 is 0. The molecule has 2 aliphatic heterocycles. The van der Waals surface area contributed by atoms with Gasteiger partial charge >= 0.3 is 0 Å². The summed E-state index contributed by atoms with van der Waals surface area (Å²) in [6.45, 7) is 2.15. The molecule has 6 heteroatoms. The van der Waals surface area contributed by atoms with Gasteiger partial charge in [-0.2, -0.15) is 10.2 Å². The fourth-order valence-corrected chi connectivity index (χ4v) is 4.70. The number of ether oxygens (including phenoxy) is 2. The molecule has 3 aromatic rings. The smallest absolute Gasteiger partial charge is 0.252 e. The van der Waals surface area contributed by atoms with Crippen molar-refractivity contribution in [3.8, 4) is 11.1 Å². The summed E-state index contributed by atoms with van der Waals surface area (Å²) in [5.41, 5.74) is 2.58. The van der Waals surface area contributed by atoms with E-state index in [4.69, 9.17) is 9.47 Å². The highest BCUT2D eigenvalue weighted by Gasteiger charge is 2.39. The number of fused-ring (bicyclic) bond motifs is 1. The van der Waals surface area contributed by atoms with Crippen LogP contribution >= 0.6 is 0 Å². The summed E-state index contributed by atoms with van der Waals surface area (Å²) in [4.78, 5) is 13.2. The van der Waals surface area contributed by atoms with Gasteiger partial charge in [-0.1, -0.05) is 30.3 Å². The molecule has 1 amide bonds. The van der Waals surface area contributed by atoms with Crippen molar-refractivity contribution in [1.82, 2.24) is 15.5 Å². The van der Waals surface area contributed by atoms with Gasteiger partial charge in [-0.15, -0.1) is 0 Å². The lowest BCUT2D eigenvalue weighted by atomic mass is 9.84. The number of amides is 1. The Morgan fingerprint density at radius 2 is 1.83 bits per heavy atom. The van der Waals surface area contributed by atoms with Crippen LogP contribution in [0.3, 0.4) is 0 Å². The average molecular weight is 403 g/mol. The zero-order chi connectivity index (χ0) is 20.4. The monoisotopic (exact) mass is 403 g/mol. The van der Waals surface area contributed by atoms with Crippen molar-refractivity contribution in [2.45, 2.75) is 37.3 Å². The van der Waals surface area contributed by atoms with E-state index in [0.717, 1.165) is 60.8 Å². The Morgan fingerprint density at radius 3 is 2.63 bits per heavy atom. The van der Waals surface area contributed by atoms with Crippen LogP contribution in [0.4, 0.5) is 0 Å². The first-order valence-corrected chi connectivity index (χ1v) is 10.6. The Bertz CT molecular complexity index is 1040. The van der Waals surface area contributed by atoms with Crippen LogP contribution in [0.15, 0.2) is 54.9 Å². The lowest BCUT2D eigenvalue weighted by Crippen LogP contribution is -2.51. The van der Waals surface area contributed by atoms with Crippen LogP contribution in [0.2, 0.25) is 0 Å². The second-order valence-corrected chi connectivity index (χ2v) is 8.14. The third kappa shape index (κ3) is 3.68. The van der Waals surface area contributed by atoms with Crippen LogP contribution in [0.25, 0.3) is 21.9 Å². The molecule has 1 atom stereocenters. The fraction of sp³-hybridized carbons (Fsp3) is 0.375. The SMILES string of the molecule is O=C(NC1CCOC2(CCOCC2)C1)c1ccc(-c2ccnnc2)c2ccccc12. The zero-order valence-corrected chi connectivity index (χ0v) is 16.8. The number of nitrogens with zero attached hydrogens (tertiary/aromatic N) is 2. The number of aromatic nitrogens is 2. The van der Waals surface area contributed by atoms with E-state index in [1.54, 1.807) is 12.4 Å². The van der Waals surface area contributed by atoms with Gasteiger partial charge in [0.2, 0.25) is 0 Å². The Hall–Kier alpha value is -2.83. The maximum absolute atomic E-state index is 13.2. The van der Waals surface area contributed by atoms with E-state index in [2.05, 4.69) is 15.5 Å². The van der Waals surface area contributed by atoms with Crippen LogP contribution in [0.1, 0.15) is 36.0 Å². The maximum Gasteiger partial charge on any atom is 0.252 e. The molecule has 2 saturated heterocycles. The summed E-state index contributed by atoms with van der Waals surface area (Å²) in [7, 11) is 0. The molecule has 5 rings (SSSR count). The highest BCUT2D eigenvalue weighted by atomic mass is 16.5. The molecule has 1 spiro atoms. The van der Waals surface area contributed by atoms with E-state index >= 15 is 0 Å². The van der Waals surface area contributed by atoms with E-state index < -0.39 is 0 Å². The van der Waals surface area contributed by atoms with Crippen molar-refractivity contribution in [2.75, 3.05) is 19.8 Å². The maximum atomic E-state index is 13.2. The van der Waals surface area contributed by atoms with Gasteiger partial charge in [-0.25, -0.2) is 0 Å². The van der Waals surface area contributed by atoms with Crippen molar-refractivity contribution in [3.05, 3.63) is 60.4 Å². The minimum atomic E-state index is -0.144. The van der Waals surface area contributed by atoms with Crippen molar-refractivity contribution < 1.29 is 14.3 Å². The molecular formula is C24H25N3O3. The van der Waals surface area contributed by atoms with E-state index in [1.165, 1.54) is 0 Å². The standard InChI is InChI=1S/C24H25N3O3/c28-23(27-18-8-12-30-24(15-18)9-13-29-14-10-24)22-6-5-19(17-7-11-25-26-16-17)20-3-1-2-4-21(20)22/h1-7,11,16,18H,8-10,12-15H2,(H,27,28). The molecule has 1 N–H and O–H groups in total. The molecule has 3 heterocycles. The van der Waals surface area contributed by atoms with Gasteiger partial charge in [0, 0.05) is 37.0 Å². The van der Waals surface area contributed by atoms with Gasteiger partial charge in [0.25, 0.3) is 5.91 Å². The normalized spacial score (nSPS) is 20.9. The fourth-order valence-electron chi connectivity index (χ4n) is 4.70. The van der Waals surface area contributed by atoms with Crippen molar-refractivity contribution in [1.29, 1.82) is 0 Å². The quantitative estimate of drug-likeness (QED) is 0.721. The van der Waals surface area contributed by atoms with Crippen molar-refractivity contribution in [3.63, 3.8) is 0 Å². The summed E-state index contributed by atoms with van der Waals surface area (Å²) in [6, 6.07) is 14.0. The van der Waals surface area contributed by atoms with E-state index in [-0.39, 0.29) is 17.6 Å². The van der Waals surface area contributed by atoms with Crippen LogP contribution in [-0.2, 0) is 9.47 Å². The summed E-state index contributed by atoms with van der Waals surface area (Å²) < 4.78 is 11.6. The average Bonchev–Trinajstić information content (AvgIpc) is 2.79. The Kier molecular flexibility index (Phi) is 5.19. The summed E-state index contributed by atoms with van der Waals surface area (Å²) in [5, 5.41) is 13.1.